The van der Waals surface area contributed by atoms with Gasteiger partial charge in [-0.05, 0) is 18.6 Å². The van der Waals surface area contributed by atoms with Crippen LogP contribution in [0, 0.1) is 6.92 Å². The highest BCUT2D eigenvalue weighted by atomic mass is 32.2. The second-order valence-electron chi connectivity index (χ2n) is 4.73. The van der Waals surface area contributed by atoms with Crippen molar-refractivity contribution in [3.8, 4) is 0 Å². The Bertz CT molecular complexity index is 608. The molecule has 21 heavy (non-hydrogen) atoms. The van der Waals surface area contributed by atoms with E-state index < -0.39 is 5.97 Å². The number of ether oxygens (including phenoxy) is 1. The fourth-order valence-corrected chi connectivity index (χ4v) is 2.65. The zero-order valence-corrected chi connectivity index (χ0v) is 12.9. The van der Waals surface area contributed by atoms with Crippen molar-refractivity contribution in [1.82, 2.24) is 9.78 Å². The molecule has 0 aliphatic rings. The number of rotatable bonds is 7. The molecule has 0 atom stereocenters. The summed E-state index contributed by atoms with van der Waals surface area (Å²) in [4.78, 5) is 10.7. The minimum absolute atomic E-state index is 0.0199. The summed E-state index contributed by atoms with van der Waals surface area (Å²) in [5.74, 6) is -0.817. The van der Waals surface area contributed by atoms with Gasteiger partial charge in [0.1, 0.15) is 0 Å². The first-order valence-electron chi connectivity index (χ1n) is 6.54. The number of nitrogens with zero attached hydrogens (tertiary/aromatic N) is 2. The van der Waals surface area contributed by atoms with E-state index in [4.69, 9.17) is 9.84 Å². The summed E-state index contributed by atoms with van der Waals surface area (Å²) in [5, 5.41) is 14.1. The molecule has 0 unspecified atom stereocenters. The molecule has 1 N–H and O–H groups in total. The Kier molecular flexibility index (Phi) is 5.41. The van der Waals surface area contributed by atoms with Crippen molar-refractivity contribution in [2.24, 2.45) is 0 Å². The highest BCUT2D eigenvalue weighted by molar-refractivity contribution is 7.99. The summed E-state index contributed by atoms with van der Waals surface area (Å²) in [7, 11) is 1.61. The van der Waals surface area contributed by atoms with Gasteiger partial charge in [0.25, 0.3) is 0 Å². The minimum atomic E-state index is -0.837. The molecule has 0 saturated carbocycles. The Hall–Kier alpha value is -1.79. The number of methoxy groups -OCH3 is 1. The minimum Gasteiger partial charge on any atom is -0.481 e. The van der Waals surface area contributed by atoms with E-state index in [9.17, 15) is 4.79 Å². The number of aromatic nitrogens is 2. The Morgan fingerprint density at radius 2 is 2.10 bits per heavy atom. The van der Waals surface area contributed by atoms with Crippen LogP contribution in [0.25, 0.3) is 0 Å². The van der Waals surface area contributed by atoms with Crippen molar-refractivity contribution in [3.05, 3.63) is 47.2 Å². The van der Waals surface area contributed by atoms with E-state index in [0.29, 0.717) is 13.2 Å². The summed E-state index contributed by atoms with van der Waals surface area (Å²) in [5.41, 5.74) is 3.14. The Morgan fingerprint density at radius 1 is 1.38 bits per heavy atom. The molecule has 0 spiro atoms. The molecule has 0 fully saturated rings. The molecule has 0 saturated heterocycles. The number of carboxylic acid groups (broad SMARTS) is 1. The second-order valence-corrected chi connectivity index (χ2v) is 5.73. The number of carbonyl (C=O) groups is 1. The van der Waals surface area contributed by atoms with Gasteiger partial charge in [0.05, 0.1) is 29.6 Å². The first kappa shape index (κ1) is 15.6. The molecule has 0 aliphatic heterocycles. The van der Waals surface area contributed by atoms with E-state index in [-0.39, 0.29) is 5.75 Å². The highest BCUT2D eigenvalue weighted by Gasteiger charge is 2.11. The predicted octanol–water partition coefficient (Wildman–Crippen LogP) is 2.56. The van der Waals surface area contributed by atoms with E-state index in [1.807, 2.05) is 17.7 Å². The molecule has 1 aromatic heterocycles. The zero-order chi connectivity index (χ0) is 15.2. The fourth-order valence-electron chi connectivity index (χ4n) is 1.90. The smallest absolute Gasteiger partial charge is 0.313 e. The molecule has 0 radical (unpaired) electrons. The van der Waals surface area contributed by atoms with E-state index in [2.05, 4.69) is 29.4 Å². The maximum absolute atomic E-state index is 10.7. The molecule has 0 bridgehead atoms. The standard InChI is InChI=1S/C15H18N2O3S/c1-11-3-5-12(6-4-11)8-17-14(21-10-15(18)19)7-13(16-17)9-20-2/h3-7H,8-10H2,1-2H3,(H,18,19). The van der Waals surface area contributed by atoms with Crippen molar-refractivity contribution >= 4 is 17.7 Å². The van der Waals surface area contributed by atoms with Gasteiger partial charge in [0, 0.05) is 7.11 Å². The van der Waals surface area contributed by atoms with E-state index in [1.54, 1.807) is 7.11 Å². The number of carboxylic acids is 1. The van der Waals surface area contributed by atoms with Gasteiger partial charge >= 0.3 is 5.97 Å². The van der Waals surface area contributed by atoms with Crippen LogP contribution in [0.4, 0.5) is 0 Å². The molecular formula is C15H18N2O3S. The summed E-state index contributed by atoms with van der Waals surface area (Å²) in [6, 6.07) is 10.1. The number of hydrogen-bond acceptors (Lipinski definition) is 4. The third-order valence-corrected chi connectivity index (χ3v) is 3.90. The van der Waals surface area contributed by atoms with Crippen molar-refractivity contribution in [3.63, 3.8) is 0 Å². The summed E-state index contributed by atoms with van der Waals surface area (Å²) in [6.07, 6.45) is 0. The predicted molar refractivity (Wildman–Crippen MR) is 81.6 cm³/mol. The number of thioether (sulfide) groups is 1. The molecule has 0 aliphatic carbocycles. The van der Waals surface area contributed by atoms with Crippen LogP contribution in [0.2, 0.25) is 0 Å². The van der Waals surface area contributed by atoms with Crippen molar-refractivity contribution in [1.29, 1.82) is 0 Å². The van der Waals surface area contributed by atoms with Crippen LogP contribution in [-0.4, -0.2) is 33.7 Å². The maximum Gasteiger partial charge on any atom is 0.313 e. The van der Waals surface area contributed by atoms with Gasteiger partial charge in [0.15, 0.2) is 0 Å². The average Bonchev–Trinajstić information content (AvgIpc) is 2.81. The van der Waals surface area contributed by atoms with Crippen LogP contribution >= 0.6 is 11.8 Å². The lowest BCUT2D eigenvalue weighted by atomic mass is 10.1. The van der Waals surface area contributed by atoms with Gasteiger partial charge in [-0.3, -0.25) is 9.48 Å². The van der Waals surface area contributed by atoms with E-state index in [0.717, 1.165) is 16.3 Å². The number of aliphatic carboxylic acids is 1. The monoisotopic (exact) mass is 306 g/mol. The summed E-state index contributed by atoms with van der Waals surface area (Å²) < 4.78 is 6.91. The van der Waals surface area contributed by atoms with Crippen molar-refractivity contribution in [2.75, 3.05) is 12.9 Å². The average molecular weight is 306 g/mol. The van der Waals surface area contributed by atoms with Crippen LogP contribution in [0.3, 0.4) is 0 Å². The normalized spacial score (nSPS) is 10.8. The van der Waals surface area contributed by atoms with Crippen LogP contribution < -0.4 is 0 Å². The first-order valence-corrected chi connectivity index (χ1v) is 7.53. The van der Waals surface area contributed by atoms with Gasteiger partial charge < -0.3 is 9.84 Å². The third-order valence-electron chi connectivity index (χ3n) is 2.88. The van der Waals surface area contributed by atoms with Gasteiger partial charge in [-0.1, -0.05) is 41.6 Å². The molecule has 1 aromatic carbocycles. The molecule has 5 nitrogen and oxygen atoms in total. The SMILES string of the molecule is COCc1cc(SCC(=O)O)n(Cc2ccc(C)cc2)n1. The van der Waals surface area contributed by atoms with Crippen LogP contribution in [0.5, 0.6) is 0 Å². The number of hydrogen-bond donors (Lipinski definition) is 1. The Morgan fingerprint density at radius 3 is 2.71 bits per heavy atom. The van der Waals surface area contributed by atoms with Gasteiger partial charge in [-0.2, -0.15) is 5.10 Å². The lowest BCUT2D eigenvalue weighted by Gasteiger charge is -2.06. The van der Waals surface area contributed by atoms with Crippen LogP contribution in [-0.2, 0) is 22.7 Å². The molecule has 2 rings (SSSR count). The van der Waals surface area contributed by atoms with Crippen LogP contribution in [0.1, 0.15) is 16.8 Å². The van der Waals surface area contributed by atoms with Gasteiger partial charge in [-0.15, -0.1) is 0 Å². The Labute approximate surface area is 127 Å². The summed E-state index contributed by atoms with van der Waals surface area (Å²) >= 11 is 1.27. The second kappa shape index (κ2) is 7.28. The van der Waals surface area contributed by atoms with Crippen molar-refractivity contribution < 1.29 is 14.6 Å². The third kappa shape index (κ3) is 4.61. The Balaban J connectivity index is 2.18. The van der Waals surface area contributed by atoms with Crippen LogP contribution in [0.15, 0.2) is 35.4 Å². The molecule has 2 aromatic rings. The lowest BCUT2D eigenvalue weighted by Crippen LogP contribution is -2.06. The number of aryl methyl sites for hydroxylation is 1. The largest absolute Gasteiger partial charge is 0.481 e. The molecule has 1 heterocycles. The molecule has 0 amide bonds. The topological polar surface area (TPSA) is 64.3 Å². The lowest BCUT2D eigenvalue weighted by molar-refractivity contribution is -0.133. The first-order chi connectivity index (χ1) is 10.1. The van der Waals surface area contributed by atoms with E-state index >= 15 is 0 Å². The number of benzene rings is 1. The molecule has 112 valence electrons. The molecule has 6 heteroatoms. The highest BCUT2D eigenvalue weighted by Crippen LogP contribution is 2.21. The quantitative estimate of drug-likeness (QED) is 0.797. The van der Waals surface area contributed by atoms with E-state index in [1.165, 1.54) is 17.3 Å². The van der Waals surface area contributed by atoms with Gasteiger partial charge in [0.2, 0.25) is 0 Å². The summed E-state index contributed by atoms with van der Waals surface area (Å²) in [6.45, 7) is 3.08. The molecular weight excluding hydrogens is 288 g/mol. The zero-order valence-electron chi connectivity index (χ0n) is 12.1. The fraction of sp³-hybridized carbons (Fsp3) is 0.333. The van der Waals surface area contributed by atoms with Gasteiger partial charge in [-0.25, -0.2) is 0 Å². The van der Waals surface area contributed by atoms with Crippen molar-refractivity contribution in [2.45, 2.75) is 25.1 Å². The maximum atomic E-state index is 10.7.